The van der Waals surface area contributed by atoms with Crippen LogP contribution in [0.25, 0.3) is 0 Å². The highest BCUT2D eigenvalue weighted by Crippen LogP contribution is 2.15. The van der Waals surface area contributed by atoms with Crippen molar-refractivity contribution in [2.75, 3.05) is 6.61 Å². The molecule has 0 aliphatic carbocycles. The van der Waals surface area contributed by atoms with Gasteiger partial charge in [-0.3, -0.25) is 19.7 Å². The number of ketones is 1. The Bertz CT molecular complexity index is 498. The van der Waals surface area contributed by atoms with Gasteiger partial charge in [0.1, 0.15) is 5.92 Å². The van der Waals surface area contributed by atoms with E-state index in [4.69, 9.17) is 4.74 Å². The van der Waals surface area contributed by atoms with Gasteiger partial charge in [-0.15, -0.1) is 0 Å². The number of nitrogens with zero attached hydrogens (tertiary/aromatic N) is 1. The lowest BCUT2D eigenvalue weighted by Crippen LogP contribution is -2.24. The molecule has 1 atom stereocenters. The Morgan fingerprint density at radius 2 is 2.11 bits per heavy atom. The Morgan fingerprint density at radius 3 is 2.68 bits per heavy atom. The number of ether oxygens (including phenoxy) is 1. The lowest BCUT2D eigenvalue weighted by atomic mass is 9.99. The number of hydrogen-bond acceptors (Lipinski definition) is 5. The summed E-state index contributed by atoms with van der Waals surface area (Å²) in [5, 5.41) is 10.6. The van der Waals surface area contributed by atoms with E-state index >= 15 is 0 Å². The summed E-state index contributed by atoms with van der Waals surface area (Å²) in [4.78, 5) is 33.3. The molecule has 102 valence electrons. The summed E-state index contributed by atoms with van der Waals surface area (Å²) < 4.78 is 4.76. The summed E-state index contributed by atoms with van der Waals surface area (Å²) in [6.45, 7) is 3.35. The first kappa shape index (κ1) is 14.8. The summed E-state index contributed by atoms with van der Waals surface area (Å²) in [5.41, 5.74) is 0.435. The first-order valence-electron chi connectivity index (χ1n) is 5.88. The van der Waals surface area contributed by atoms with Crippen molar-refractivity contribution in [3.63, 3.8) is 0 Å². The van der Waals surface area contributed by atoms with Gasteiger partial charge in [0.05, 0.1) is 11.5 Å². The fourth-order valence-corrected chi connectivity index (χ4v) is 1.53. The lowest BCUT2D eigenvalue weighted by Gasteiger charge is -2.09. The standard InChI is InChI=1S/C13H15NO5/c1-3-19-13(16)9(2)12(15)8-10-5-4-6-11(7-10)14(17)18/h4-7,9H,3,8H2,1-2H3/t9-/m1/s1. The minimum atomic E-state index is -0.862. The number of nitro groups is 1. The monoisotopic (exact) mass is 265 g/mol. The molecule has 0 spiro atoms. The largest absolute Gasteiger partial charge is 0.465 e. The number of hydrogen-bond donors (Lipinski definition) is 0. The van der Waals surface area contributed by atoms with Crippen LogP contribution in [-0.2, 0) is 20.7 Å². The average Bonchev–Trinajstić information content (AvgIpc) is 2.38. The van der Waals surface area contributed by atoms with Crippen molar-refractivity contribution in [2.24, 2.45) is 5.92 Å². The Kier molecular flexibility index (Phi) is 5.17. The number of nitro benzene ring substituents is 1. The molecule has 0 bridgehead atoms. The molecule has 0 aliphatic heterocycles. The second kappa shape index (κ2) is 6.63. The van der Waals surface area contributed by atoms with Crippen LogP contribution < -0.4 is 0 Å². The van der Waals surface area contributed by atoms with Crippen molar-refractivity contribution >= 4 is 17.4 Å². The molecule has 1 aromatic rings. The molecule has 0 aliphatic rings. The van der Waals surface area contributed by atoms with Gasteiger partial charge in [0.15, 0.2) is 5.78 Å². The minimum Gasteiger partial charge on any atom is -0.465 e. The van der Waals surface area contributed by atoms with E-state index in [1.54, 1.807) is 13.0 Å². The number of rotatable bonds is 6. The van der Waals surface area contributed by atoms with E-state index in [0.717, 1.165) is 0 Å². The molecule has 1 rings (SSSR count). The van der Waals surface area contributed by atoms with Gasteiger partial charge >= 0.3 is 5.97 Å². The van der Waals surface area contributed by atoms with E-state index in [0.29, 0.717) is 5.56 Å². The van der Waals surface area contributed by atoms with Crippen LogP contribution in [0.1, 0.15) is 19.4 Å². The zero-order valence-corrected chi connectivity index (χ0v) is 10.8. The molecule has 0 saturated heterocycles. The lowest BCUT2D eigenvalue weighted by molar-refractivity contribution is -0.384. The van der Waals surface area contributed by atoms with Gasteiger partial charge in [-0.2, -0.15) is 0 Å². The molecule has 1 aromatic carbocycles. The molecule has 6 heteroatoms. The van der Waals surface area contributed by atoms with Crippen molar-refractivity contribution in [3.8, 4) is 0 Å². The summed E-state index contributed by atoms with van der Waals surface area (Å²) in [5.74, 6) is -1.75. The fourth-order valence-electron chi connectivity index (χ4n) is 1.53. The Labute approximate surface area is 110 Å². The van der Waals surface area contributed by atoms with Crippen LogP contribution in [0.3, 0.4) is 0 Å². The SMILES string of the molecule is CCOC(=O)[C@H](C)C(=O)Cc1cccc([N+](=O)[O-])c1. The van der Waals surface area contributed by atoms with Crippen LogP contribution in [0.5, 0.6) is 0 Å². The second-order valence-electron chi connectivity index (χ2n) is 4.04. The highest BCUT2D eigenvalue weighted by Gasteiger charge is 2.23. The molecule has 0 fully saturated rings. The number of benzene rings is 1. The van der Waals surface area contributed by atoms with Crippen molar-refractivity contribution in [1.29, 1.82) is 0 Å². The van der Waals surface area contributed by atoms with Gasteiger partial charge in [-0.1, -0.05) is 12.1 Å². The zero-order valence-electron chi connectivity index (χ0n) is 10.8. The van der Waals surface area contributed by atoms with E-state index in [-0.39, 0.29) is 24.5 Å². The second-order valence-corrected chi connectivity index (χ2v) is 4.04. The third kappa shape index (κ3) is 4.17. The molecular weight excluding hydrogens is 250 g/mol. The van der Waals surface area contributed by atoms with Gasteiger partial charge in [0.2, 0.25) is 0 Å². The average molecular weight is 265 g/mol. The van der Waals surface area contributed by atoms with Crippen molar-refractivity contribution in [2.45, 2.75) is 20.3 Å². The Morgan fingerprint density at radius 1 is 1.42 bits per heavy atom. The molecule has 0 N–H and O–H groups in total. The summed E-state index contributed by atoms with van der Waals surface area (Å²) >= 11 is 0. The molecule has 0 unspecified atom stereocenters. The van der Waals surface area contributed by atoms with E-state index in [1.807, 2.05) is 0 Å². The van der Waals surface area contributed by atoms with Crippen LogP contribution in [-0.4, -0.2) is 23.3 Å². The third-order valence-electron chi connectivity index (χ3n) is 2.62. The molecular formula is C13H15NO5. The number of non-ortho nitro benzene ring substituents is 1. The predicted octanol–water partition coefficient (Wildman–Crippen LogP) is 1.91. The normalized spacial score (nSPS) is 11.7. The van der Waals surface area contributed by atoms with Crippen molar-refractivity contribution in [3.05, 3.63) is 39.9 Å². The smallest absolute Gasteiger partial charge is 0.316 e. The molecule has 0 aromatic heterocycles. The third-order valence-corrected chi connectivity index (χ3v) is 2.62. The maximum Gasteiger partial charge on any atom is 0.316 e. The van der Waals surface area contributed by atoms with Crippen LogP contribution >= 0.6 is 0 Å². The quantitative estimate of drug-likeness (QED) is 0.339. The summed E-state index contributed by atoms with van der Waals surface area (Å²) in [6.07, 6.45) is -0.0261. The summed E-state index contributed by atoms with van der Waals surface area (Å²) in [6, 6.07) is 5.80. The van der Waals surface area contributed by atoms with Crippen LogP contribution in [0.4, 0.5) is 5.69 Å². The minimum absolute atomic E-state index is 0.0261. The van der Waals surface area contributed by atoms with Gasteiger partial charge in [0.25, 0.3) is 5.69 Å². The molecule has 0 radical (unpaired) electrons. The van der Waals surface area contributed by atoms with Crippen molar-refractivity contribution in [1.82, 2.24) is 0 Å². The number of esters is 1. The summed E-state index contributed by atoms with van der Waals surface area (Å²) in [7, 11) is 0. The zero-order chi connectivity index (χ0) is 14.4. The maximum absolute atomic E-state index is 11.8. The number of carbonyl (C=O) groups is 2. The molecule has 0 amide bonds. The molecule has 0 saturated carbocycles. The first-order chi connectivity index (χ1) is 8.95. The van der Waals surface area contributed by atoms with Gasteiger partial charge in [0, 0.05) is 18.6 Å². The predicted molar refractivity (Wildman–Crippen MR) is 67.6 cm³/mol. The van der Waals surface area contributed by atoms with Gasteiger partial charge < -0.3 is 4.74 Å². The van der Waals surface area contributed by atoms with E-state index in [9.17, 15) is 19.7 Å². The van der Waals surface area contributed by atoms with E-state index in [1.165, 1.54) is 25.1 Å². The molecule has 0 heterocycles. The number of carbonyl (C=O) groups excluding carboxylic acids is 2. The maximum atomic E-state index is 11.8. The van der Waals surface area contributed by atoms with Gasteiger partial charge in [-0.25, -0.2) is 0 Å². The van der Waals surface area contributed by atoms with E-state index < -0.39 is 16.8 Å². The first-order valence-corrected chi connectivity index (χ1v) is 5.88. The molecule has 19 heavy (non-hydrogen) atoms. The fraction of sp³-hybridized carbons (Fsp3) is 0.385. The van der Waals surface area contributed by atoms with Crippen LogP contribution in [0.15, 0.2) is 24.3 Å². The van der Waals surface area contributed by atoms with Crippen molar-refractivity contribution < 1.29 is 19.2 Å². The Hall–Kier alpha value is -2.24. The van der Waals surface area contributed by atoms with E-state index in [2.05, 4.69) is 0 Å². The topological polar surface area (TPSA) is 86.5 Å². The molecule has 6 nitrogen and oxygen atoms in total. The highest BCUT2D eigenvalue weighted by atomic mass is 16.6. The van der Waals surface area contributed by atoms with Crippen LogP contribution in [0, 0.1) is 16.0 Å². The van der Waals surface area contributed by atoms with Gasteiger partial charge in [-0.05, 0) is 19.4 Å². The highest BCUT2D eigenvalue weighted by molar-refractivity contribution is 5.99. The Balaban J connectivity index is 2.74. The number of Topliss-reactive ketones (excluding diaryl/α,β-unsaturated/α-hetero) is 1. The van der Waals surface area contributed by atoms with Crippen LogP contribution in [0.2, 0.25) is 0 Å².